The highest BCUT2D eigenvalue weighted by atomic mass is 16.5. The molecule has 6 nitrogen and oxygen atoms in total. The van der Waals surface area contributed by atoms with Crippen molar-refractivity contribution in [2.45, 2.75) is 12.3 Å². The lowest BCUT2D eigenvalue weighted by molar-refractivity contribution is 0.112. The number of hydrogen-bond donors (Lipinski definition) is 1. The first kappa shape index (κ1) is 22.9. The zero-order valence-corrected chi connectivity index (χ0v) is 19.1. The molecule has 1 aliphatic carbocycles. The minimum atomic E-state index is -0.481. The highest BCUT2D eigenvalue weighted by Gasteiger charge is 2.28. The Balaban J connectivity index is 1.32. The maximum absolute atomic E-state index is 12.3. The molecule has 0 fully saturated rings. The van der Waals surface area contributed by atoms with E-state index in [-0.39, 0.29) is 12.5 Å². The molecule has 1 aliphatic rings. The molecule has 0 bridgehead atoms. The SMILES string of the molecule is COc1cc(C=O)cc(C#CCCNC(=O)OCC2c3ccccc3-c3ccccc32)c1OC. The third-order valence-electron chi connectivity index (χ3n) is 5.72. The van der Waals surface area contributed by atoms with Gasteiger partial charge in [0.25, 0.3) is 0 Å². The van der Waals surface area contributed by atoms with Crippen molar-refractivity contribution in [1.82, 2.24) is 5.32 Å². The number of amides is 1. The number of carbonyl (C=O) groups excluding carboxylic acids is 2. The van der Waals surface area contributed by atoms with Crippen LogP contribution < -0.4 is 14.8 Å². The van der Waals surface area contributed by atoms with Gasteiger partial charge in [0.05, 0.1) is 19.8 Å². The summed E-state index contributed by atoms with van der Waals surface area (Å²) >= 11 is 0. The Morgan fingerprint density at radius 2 is 1.68 bits per heavy atom. The van der Waals surface area contributed by atoms with Crippen LogP contribution in [0.2, 0.25) is 0 Å². The lowest BCUT2D eigenvalue weighted by Gasteiger charge is -2.14. The van der Waals surface area contributed by atoms with E-state index in [4.69, 9.17) is 14.2 Å². The van der Waals surface area contributed by atoms with Crippen molar-refractivity contribution in [3.63, 3.8) is 0 Å². The van der Waals surface area contributed by atoms with E-state index in [2.05, 4.69) is 41.4 Å². The summed E-state index contributed by atoms with van der Waals surface area (Å²) in [5, 5.41) is 2.74. The molecule has 0 spiro atoms. The zero-order chi connectivity index (χ0) is 23.9. The summed E-state index contributed by atoms with van der Waals surface area (Å²) in [6.07, 6.45) is 0.651. The van der Waals surface area contributed by atoms with Crippen LogP contribution in [0.3, 0.4) is 0 Å². The Kier molecular flexibility index (Phi) is 7.14. The normalized spacial score (nSPS) is 11.5. The van der Waals surface area contributed by atoms with Gasteiger partial charge in [-0.3, -0.25) is 4.79 Å². The molecule has 0 aromatic heterocycles. The van der Waals surface area contributed by atoms with E-state index < -0.39 is 6.09 Å². The van der Waals surface area contributed by atoms with Gasteiger partial charge >= 0.3 is 6.09 Å². The Morgan fingerprint density at radius 1 is 1.00 bits per heavy atom. The van der Waals surface area contributed by atoms with Crippen molar-refractivity contribution in [1.29, 1.82) is 0 Å². The lowest BCUT2D eigenvalue weighted by atomic mass is 9.98. The van der Waals surface area contributed by atoms with Gasteiger partial charge in [0.2, 0.25) is 0 Å². The van der Waals surface area contributed by atoms with Crippen LogP contribution in [-0.4, -0.2) is 39.8 Å². The average Bonchev–Trinajstić information content (AvgIpc) is 3.20. The van der Waals surface area contributed by atoms with Crippen LogP contribution >= 0.6 is 0 Å². The van der Waals surface area contributed by atoms with Gasteiger partial charge < -0.3 is 19.5 Å². The quantitative estimate of drug-likeness (QED) is 0.315. The molecule has 172 valence electrons. The van der Waals surface area contributed by atoms with Gasteiger partial charge in [-0.1, -0.05) is 60.4 Å². The molecule has 34 heavy (non-hydrogen) atoms. The second-order valence-electron chi connectivity index (χ2n) is 7.73. The third kappa shape index (κ3) is 4.74. The molecule has 6 heteroatoms. The van der Waals surface area contributed by atoms with Crippen molar-refractivity contribution in [2.24, 2.45) is 0 Å². The first-order chi connectivity index (χ1) is 16.7. The van der Waals surface area contributed by atoms with Crippen LogP contribution in [0.1, 0.15) is 39.4 Å². The molecule has 4 rings (SSSR count). The molecule has 0 unspecified atom stereocenters. The predicted octanol–water partition coefficient (Wildman–Crippen LogP) is 4.80. The number of carbonyl (C=O) groups is 2. The molecule has 1 N–H and O–H groups in total. The molecule has 0 radical (unpaired) electrons. The molecule has 3 aromatic carbocycles. The number of rotatable bonds is 7. The number of ether oxygens (including phenoxy) is 3. The molecule has 0 saturated heterocycles. The Bertz CT molecular complexity index is 1230. The molecular formula is C28H25NO5. The molecule has 1 amide bonds. The molecule has 3 aromatic rings. The molecule has 0 saturated carbocycles. The van der Waals surface area contributed by atoms with Crippen molar-refractivity contribution >= 4 is 12.4 Å². The molecule has 0 aliphatic heterocycles. The van der Waals surface area contributed by atoms with E-state index >= 15 is 0 Å². The van der Waals surface area contributed by atoms with E-state index in [1.54, 1.807) is 12.1 Å². The number of benzene rings is 3. The first-order valence-electron chi connectivity index (χ1n) is 10.9. The fourth-order valence-electron chi connectivity index (χ4n) is 4.18. The standard InChI is InChI=1S/C28H25NO5/c1-32-26-16-19(17-30)15-20(27(26)33-2)9-7-8-14-29-28(31)34-18-25-23-12-5-3-10-21(23)22-11-4-6-13-24(22)25/h3-6,10-13,15-17,25H,8,14,18H2,1-2H3,(H,29,31). The lowest BCUT2D eigenvalue weighted by Crippen LogP contribution is -2.26. The van der Waals surface area contributed by atoms with Crippen LogP contribution in [0.15, 0.2) is 60.7 Å². The van der Waals surface area contributed by atoms with Gasteiger partial charge in [-0.15, -0.1) is 0 Å². The van der Waals surface area contributed by atoms with Crippen LogP contribution in [0, 0.1) is 11.8 Å². The summed E-state index contributed by atoms with van der Waals surface area (Å²) in [6, 6.07) is 19.7. The fourth-order valence-corrected chi connectivity index (χ4v) is 4.18. The minimum Gasteiger partial charge on any atom is -0.493 e. The van der Waals surface area contributed by atoms with E-state index in [1.807, 2.05) is 24.3 Å². The van der Waals surface area contributed by atoms with Gasteiger partial charge in [0.15, 0.2) is 11.5 Å². The van der Waals surface area contributed by atoms with Gasteiger partial charge in [-0.2, -0.15) is 0 Å². The summed E-state index contributed by atoms with van der Waals surface area (Å²) in [4.78, 5) is 23.4. The highest BCUT2D eigenvalue weighted by molar-refractivity contribution is 5.79. The third-order valence-corrected chi connectivity index (χ3v) is 5.72. The molecular weight excluding hydrogens is 430 g/mol. The number of hydrogen-bond acceptors (Lipinski definition) is 5. The maximum atomic E-state index is 12.3. The summed E-state index contributed by atoms with van der Waals surface area (Å²) in [5.41, 5.74) is 5.71. The van der Waals surface area contributed by atoms with Crippen LogP contribution in [0.4, 0.5) is 4.79 Å². The fraction of sp³-hybridized carbons (Fsp3) is 0.214. The Hall–Kier alpha value is -4.24. The number of alkyl carbamates (subject to hydrolysis) is 1. The Morgan fingerprint density at radius 3 is 2.29 bits per heavy atom. The summed E-state index contributed by atoms with van der Waals surface area (Å²) in [7, 11) is 3.02. The Labute approximate surface area is 198 Å². The van der Waals surface area contributed by atoms with Crippen molar-refractivity contribution in [3.05, 3.63) is 82.9 Å². The summed E-state index contributed by atoms with van der Waals surface area (Å²) < 4.78 is 16.2. The van der Waals surface area contributed by atoms with E-state index in [1.165, 1.54) is 36.5 Å². The minimum absolute atomic E-state index is 0.0190. The smallest absolute Gasteiger partial charge is 0.407 e. The second-order valence-corrected chi connectivity index (χ2v) is 7.73. The summed E-state index contributed by atoms with van der Waals surface area (Å²) in [5.74, 6) is 6.89. The van der Waals surface area contributed by atoms with Gasteiger partial charge in [-0.25, -0.2) is 4.79 Å². The maximum Gasteiger partial charge on any atom is 0.407 e. The summed E-state index contributed by atoms with van der Waals surface area (Å²) in [6.45, 7) is 0.595. The zero-order valence-electron chi connectivity index (χ0n) is 19.1. The average molecular weight is 456 g/mol. The topological polar surface area (TPSA) is 73.9 Å². The number of nitrogens with one attached hydrogen (secondary N) is 1. The van der Waals surface area contributed by atoms with Gasteiger partial charge in [-0.05, 0) is 34.4 Å². The van der Waals surface area contributed by atoms with E-state index in [9.17, 15) is 9.59 Å². The van der Waals surface area contributed by atoms with E-state index in [0.717, 1.165) is 6.29 Å². The number of fused-ring (bicyclic) bond motifs is 3. The highest BCUT2D eigenvalue weighted by Crippen LogP contribution is 2.44. The van der Waals surface area contributed by atoms with Crippen LogP contribution in [0.25, 0.3) is 11.1 Å². The van der Waals surface area contributed by atoms with Gasteiger partial charge in [0, 0.05) is 24.4 Å². The van der Waals surface area contributed by atoms with Gasteiger partial charge in [0.1, 0.15) is 12.9 Å². The van der Waals surface area contributed by atoms with Crippen LogP contribution in [0.5, 0.6) is 11.5 Å². The van der Waals surface area contributed by atoms with Crippen molar-refractivity contribution < 1.29 is 23.8 Å². The van der Waals surface area contributed by atoms with Crippen LogP contribution in [-0.2, 0) is 4.74 Å². The van der Waals surface area contributed by atoms with Crippen molar-refractivity contribution in [3.8, 4) is 34.5 Å². The number of methoxy groups -OCH3 is 2. The van der Waals surface area contributed by atoms with E-state index in [0.29, 0.717) is 35.6 Å². The predicted molar refractivity (Wildman–Crippen MR) is 130 cm³/mol. The monoisotopic (exact) mass is 455 g/mol. The first-order valence-corrected chi connectivity index (χ1v) is 10.9. The van der Waals surface area contributed by atoms with Crippen molar-refractivity contribution in [2.75, 3.05) is 27.4 Å². The largest absolute Gasteiger partial charge is 0.493 e. The molecule has 0 atom stereocenters. The molecule has 0 heterocycles. The second kappa shape index (κ2) is 10.6. The number of aldehydes is 1.